The second-order valence-corrected chi connectivity index (χ2v) is 4.06. The van der Waals surface area contributed by atoms with Gasteiger partial charge in [0.2, 0.25) is 6.79 Å². The first-order valence-electron chi connectivity index (χ1n) is 4.49. The highest BCUT2D eigenvalue weighted by molar-refractivity contribution is 9.10. The van der Waals surface area contributed by atoms with Gasteiger partial charge in [-0.1, -0.05) is 15.9 Å². The van der Waals surface area contributed by atoms with Gasteiger partial charge < -0.3 is 14.8 Å². The first-order chi connectivity index (χ1) is 6.74. The maximum absolute atomic E-state index is 5.44. The van der Waals surface area contributed by atoms with Gasteiger partial charge >= 0.3 is 0 Å². The first kappa shape index (κ1) is 9.80. The molecule has 1 aliphatic heterocycles. The molecule has 2 rings (SSSR count). The molecule has 4 heteroatoms. The summed E-state index contributed by atoms with van der Waals surface area (Å²) in [5.74, 6) is 1.67. The third-order valence-electron chi connectivity index (χ3n) is 2.39. The van der Waals surface area contributed by atoms with E-state index in [-0.39, 0.29) is 6.04 Å². The summed E-state index contributed by atoms with van der Waals surface area (Å²) in [5, 5.41) is 3.19. The van der Waals surface area contributed by atoms with Gasteiger partial charge in [0.25, 0.3) is 0 Å². The summed E-state index contributed by atoms with van der Waals surface area (Å²) >= 11 is 3.52. The third-order valence-corrected chi connectivity index (χ3v) is 3.08. The van der Waals surface area contributed by atoms with E-state index in [0.717, 1.165) is 21.5 Å². The number of nitrogens with one attached hydrogen (secondary N) is 1. The molecule has 0 amide bonds. The van der Waals surface area contributed by atoms with E-state index >= 15 is 0 Å². The SMILES string of the molecule is CNC(C)c1c(Br)ccc2c1OCO2. The molecule has 1 aromatic rings. The third kappa shape index (κ3) is 1.48. The van der Waals surface area contributed by atoms with E-state index in [4.69, 9.17) is 9.47 Å². The summed E-state index contributed by atoms with van der Waals surface area (Å²) in [6.07, 6.45) is 0. The molecule has 1 aliphatic rings. The Hall–Kier alpha value is -0.740. The molecule has 0 aliphatic carbocycles. The molecular weight excluding hydrogens is 246 g/mol. The van der Waals surface area contributed by atoms with Crippen molar-refractivity contribution < 1.29 is 9.47 Å². The minimum Gasteiger partial charge on any atom is -0.454 e. The van der Waals surface area contributed by atoms with E-state index in [2.05, 4.69) is 28.2 Å². The average molecular weight is 258 g/mol. The molecule has 1 aromatic carbocycles. The van der Waals surface area contributed by atoms with E-state index in [9.17, 15) is 0 Å². The molecular formula is C10H12BrNO2. The van der Waals surface area contributed by atoms with E-state index in [1.54, 1.807) is 0 Å². The predicted octanol–water partition coefficient (Wildman–Crippen LogP) is 2.46. The zero-order valence-electron chi connectivity index (χ0n) is 8.13. The summed E-state index contributed by atoms with van der Waals surface area (Å²) in [6, 6.07) is 4.13. The van der Waals surface area contributed by atoms with E-state index in [1.165, 1.54) is 0 Å². The van der Waals surface area contributed by atoms with Crippen LogP contribution in [0.15, 0.2) is 16.6 Å². The Labute approximate surface area is 91.5 Å². The van der Waals surface area contributed by atoms with Gasteiger partial charge in [0.05, 0.1) is 0 Å². The van der Waals surface area contributed by atoms with Gasteiger partial charge in [0, 0.05) is 16.1 Å². The molecule has 0 bridgehead atoms. The average Bonchev–Trinajstić information content (AvgIpc) is 2.64. The number of rotatable bonds is 2. The minimum atomic E-state index is 0.237. The Morgan fingerprint density at radius 1 is 1.43 bits per heavy atom. The van der Waals surface area contributed by atoms with Crippen LogP contribution in [0.2, 0.25) is 0 Å². The van der Waals surface area contributed by atoms with Gasteiger partial charge in [-0.25, -0.2) is 0 Å². The lowest BCUT2D eigenvalue weighted by Crippen LogP contribution is -2.13. The fraction of sp³-hybridized carbons (Fsp3) is 0.400. The van der Waals surface area contributed by atoms with Crippen LogP contribution in [0.5, 0.6) is 11.5 Å². The normalized spacial score (nSPS) is 15.6. The van der Waals surface area contributed by atoms with Crippen LogP contribution in [0.3, 0.4) is 0 Å². The molecule has 1 atom stereocenters. The molecule has 1 N–H and O–H groups in total. The van der Waals surface area contributed by atoms with Crippen molar-refractivity contribution in [3.8, 4) is 11.5 Å². The fourth-order valence-corrected chi connectivity index (χ4v) is 2.17. The maximum Gasteiger partial charge on any atom is 0.231 e. The Kier molecular flexibility index (Phi) is 2.65. The zero-order valence-corrected chi connectivity index (χ0v) is 9.72. The number of fused-ring (bicyclic) bond motifs is 1. The van der Waals surface area contributed by atoms with Crippen LogP contribution >= 0.6 is 15.9 Å². The molecule has 1 heterocycles. The van der Waals surface area contributed by atoms with Crippen LogP contribution < -0.4 is 14.8 Å². The molecule has 3 nitrogen and oxygen atoms in total. The second kappa shape index (κ2) is 3.79. The topological polar surface area (TPSA) is 30.5 Å². The fourth-order valence-electron chi connectivity index (χ4n) is 1.52. The van der Waals surface area contributed by atoms with Crippen LogP contribution in [0, 0.1) is 0 Å². The lowest BCUT2D eigenvalue weighted by Gasteiger charge is -2.14. The molecule has 0 fully saturated rings. The Morgan fingerprint density at radius 3 is 2.93 bits per heavy atom. The van der Waals surface area contributed by atoms with Crippen molar-refractivity contribution in [1.29, 1.82) is 0 Å². The van der Waals surface area contributed by atoms with Crippen molar-refractivity contribution in [2.45, 2.75) is 13.0 Å². The van der Waals surface area contributed by atoms with Crippen molar-refractivity contribution in [3.05, 3.63) is 22.2 Å². The van der Waals surface area contributed by atoms with Crippen LogP contribution in [-0.4, -0.2) is 13.8 Å². The van der Waals surface area contributed by atoms with Crippen molar-refractivity contribution in [1.82, 2.24) is 5.32 Å². The van der Waals surface area contributed by atoms with Gasteiger partial charge in [0.15, 0.2) is 11.5 Å². The summed E-state index contributed by atoms with van der Waals surface area (Å²) in [7, 11) is 1.92. The van der Waals surface area contributed by atoms with E-state index in [0.29, 0.717) is 6.79 Å². The molecule has 1 unspecified atom stereocenters. The quantitative estimate of drug-likeness (QED) is 0.883. The van der Waals surface area contributed by atoms with Crippen LogP contribution in [0.1, 0.15) is 18.5 Å². The van der Waals surface area contributed by atoms with E-state index in [1.807, 2.05) is 19.2 Å². The monoisotopic (exact) mass is 257 g/mol. The second-order valence-electron chi connectivity index (χ2n) is 3.21. The number of benzene rings is 1. The van der Waals surface area contributed by atoms with Crippen LogP contribution in [0.4, 0.5) is 0 Å². The lowest BCUT2D eigenvalue weighted by molar-refractivity contribution is 0.173. The smallest absolute Gasteiger partial charge is 0.231 e. The first-order valence-corrected chi connectivity index (χ1v) is 5.28. The maximum atomic E-state index is 5.44. The number of halogens is 1. The molecule has 0 saturated carbocycles. The summed E-state index contributed by atoms with van der Waals surface area (Å²) < 4.78 is 11.8. The van der Waals surface area contributed by atoms with Gasteiger partial charge in [-0.2, -0.15) is 0 Å². The highest BCUT2D eigenvalue weighted by Crippen LogP contribution is 2.42. The van der Waals surface area contributed by atoms with Crippen molar-refractivity contribution in [2.24, 2.45) is 0 Å². The van der Waals surface area contributed by atoms with Gasteiger partial charge in [0.1, 0.15) is 0 Å². The van der Waals surface area contributed by atoms with Crippen molar-refractivity contribution in [2.75, 3.05) is 13.8 Å². The largest absolute Gasteiger partial charge is 0.454 e. The van der Waals surface area contributed by atoms with Crippen LogP contribution in [0.25, 0.3) is 0 Å². The summed E-state index contributed by atoms with van der Waals surface area (Å²) in [6.45, 7) is 2.40. The minimum absolute atomic E-state index is 0.237. The van der Waals surface area contributed by atoms with Crippen molar-refractivity contribution >= 4 is 15.9 Å². The van der Waals surface area contributed by atoms with Gasteiger partial charge in [-0.05, 0) is 26.1 Å². The molecule has 0 aromatic heterocycles. The Morgan fingerprint density at radius 2 is 2.21 bits per heavy atom. The standard InChI is InChI=1S/C10H12BrNO2/c1-6(12-2)9-7(11)3-4-8-10(9)14-5-13-8/h3-4,6,12H,5H2,1-2H3. The molecule has 0 spiro atoms. The molecule has 76 valence electrons. The number of hydrogen-bond acceptors (Lipinski definition) is 3. The summed E-state index contributed by atoms with van der Waals surface area (Å²) in [5.41, 5.74) is 1.11. The molecule has 14 heavy (non-hydrogen) atoms. The number of ether oxygens (including phenoxy) is 2. The highest BCUT2D eigenvalue weighted by atomic mass is 79.9. The predicted molar refractivity (Wildman–Crippen MR) is 57.7 cm³/mol. The number of hydrogen-bond donors (Lipinski definition) is 1. The summed E-state index contributed by atoms with van der Waals surface area (Å²) in [4.78, 5) is 0. The Balaban J connectivity index is 2.51. The zero-order chi connectivity index (χ0) is 10.1. The lowest BCUT2D eigenvalue weighted by atomic mass is 10.1. The van der Waals surface area contributed by atoms with Gasteiger partial charge in [-0.15, -0.1) is 0 Å². The highest BCUT2D eigenvalue weighted by Gasteiger charge is 2.22. The van der Waals surface area contributed by atoms with Crippen molar-refractivity contribution in [3.63, 3.8) is 0 Å². The molecule has 0 saturated heterocycles. The molecule has 0 radical (unpaired) electrons. The Bertz CT molecular complexity index is 354. The van der Waals surface area contributed by atoms with E-state index < -0.39 is 0 Å². The van der Waals surface area contributed by atoms with Gasteiger partial charge in [-0.3, -0.25) is 0 Å². The van der Waals surface area contributed by atoms with Crippen LogP contribution in [-0.2, 0) is 0 Å².